The highest BCUT2D eigenvalue weighted by Crippen LogP contribution is 2.37. The number of fused-ring (bicyclic) bond motifs is 1. The Kier molecular flexibility index (Phi) is 2.47. The summed E-state index contributed by atoms with van der Waals surface area (Å²) in [5, 5.41) is 28.8. The molecule has 84 valence electrons. The molecular weight excluding hydrogens is 196 g/mol. The van der Waals surface area contributed by atoms with E-state index in [0.29, 0.717) is 5.57 Å². The molecule has 0 spiro atoms. The highest BCUT2D eigenvalue weighted by atomic mass is 16.6. The number of ether oxygens (including phenoxy) is 1. The van der Waals surface area contributed by atoms with Gasteiger partial charge in [0, 0.05) is 0 Å². The van der Waals surface area contributed by atoms with Crippen LogP contribution in [0, 0.1) is 0 Å². The highest BCUT2D eigenvalue weighted by molar-refractivity contribution is 5.33. The molecule has 0 radical (unpaired) electrons. The van der Waals surface area contributed by atoms with Gasteiger partial charge in [-0.1, -0.05) is 12.2 Å². The Hall–Kier alpha value is -0.680. The van der Waals surface area contributed by atoms with Gasteiger partial charge in [-0.15, -0.1) is 0 Å². The highest BCUT2D eigenvalue weighted by Gasteiger charge is 2.52. The van der Waals surface area contributed by atoms with Crippen molar-refractivity contribution in [2.75, 3.05) is 0 Å². The molecule has 4 heteroatoms. The monoisotopic (exact) mass is 212 g/mol. The zero-order valence-corrected chi connectivity index (χ0v) is 8.79. The van der Waals surface area contributed by atoms with Crippen molar-refractivity contribution in [3.63, 3.8) is 0 Å². The van der Waals surface area contributed by atoms with Crippen molar-refractivity contribution in [2.45, 2.75) is 43.9 Å². The van der Waals surface area contributed by atoms with Crippen LogP contribution in [0.4, 0.5) is 0 Å². The Bertz CT molecular complexity index is 313. The summed E-state index contributed by atoms with van der Waals surface area (Å²) < 4.78 is 5.12. The van der Waals surface area contributed by atoms with E-state index in [4.69, 9.17) is 4.74 Å². The van der Waals surface area contributed by atoms with E-state index in [2.05, 4.69) is 0 Å². The SMILES string of the molecule is CC(C)(O)/C=C/C1=CC(O)C2OC2C1O. The van der Waals surface area contributed by atoms with E-state index in [1.165, 1.54) is 0 Å². The lowest BCUT2D eigenvalue weighted by atomic mass is 9.93. The number of rotatable bonds is 2. The molecule has 0 aromatic carbocycles. The molecule has 0 aromatic heterocycles. The second kappa shape index (κ2) is 3.42. The maximum absolute atomic E-state index is 9.76. The third-order valence-electron chi connectivity index (χ3n) is 2.60. The van der Waals surface area contributed by atoms with Gasteiger partial charge in [-0.25, -0.2) is 0 Å². The first-order valence-electron chi connectivity index (χ1n) is 5.03. The minimum absolute atomic E-state index is 0.251. The van der Waals surface area contributed by atoms with Gasteiger partial charge in [0.2, 0.25) is 0 Å². The molecule has 2 aliphatic rings. The third kappa shape index (κ3) is 2.29. The fourth-order valence-electron chi connectivity index (χ4n) is 1.70. The molecular formula is C11H16O4. The van der Waals surface area contributed by atoms with Gasteiger partial charge in [0.15, 0.2) is 0 Å². The molecule has 15 heavy (non-hydrogen) atoms. The Morgan fingerprint density at radius 1 is 1.33 bits per heavy atom. The minimum Gasteiger partial charge on any atom is -0.386 e. The second-order valence-electron chi connectivity index (χ2n) is 4.65. The molecule has 1 aliphatic carbocycles. The van der Waals surface area contributed by atoms with Gasteiger partial charge in [-0.3, -0.25) is 0 Å². The summed E-state index contributed by atoms with van der Waals surface area (Å²) in [5.74, 6) is 0. The number of hydrogen-bond acceptors (Lipinski definition) is 4. The van der Waals surface area contributed by atoms with Gasteiger partial charge in [0.25, 0.3) is 0 Å². The Balaban J connectivity index is 2.12. The van der Waals surface area contributed by atoms with E-state index in [0.717, 1.165) is 0 Å². The Morgan fingerprint density at radius 3 is 2.60 bits per heavy atom. The van der Waals surface area contributed by atoms with Crippen LogP contribution in [0.25, 0.3) is 0 Å². The molecule has 4 nitrogen and oxygen atoms in total. The van der Waals surface area contributed by atoms with Gasteiger partial charge in [-0.2, -0.15) is 0 Å². The molecule has 4 unspecified atom stereocenters. The van der Waals surface area contributed by atoms with Crippen LogP contribution in [-0.4, -0.2) is 45.3 Å². The molecule has 1 saturated heterocycles. The van der Waals surface area contributed by atoms with E-state index in [9.17, 15) is 15.3 Å². The first kappa shape index (κ1) is 10.8. The lowest BCUT2D eigenvalue weighted by molar-refractivity contribution is 0.132. The lowest BCUT2D eigenvalue weighted by Gasteiger charge is -2.18. The topological polar surface area (TPSA) is 73.2 Å². The van der Waals surface area contributed by atoms with Crippen molar-refractivity contribution in [3.8, 4) is 0 Å². The fourth-order valence-corrected chi connectivity index (χ4v) is 1.70. The Labute approximate surface area is 88.5 Å². The number of aliphatic hydroxyl groups excluding tert-OH is 2. The normalized spacial score (nSPS) is 40.2. The quantitative estimate of drug-likeness (QED) is 0.551. The van der Waals surface area contributed by atoms with Gasteiger partial charge in [0.1, 0.15) is 24.4 Å². The zero-order valence-electron chi connectivity index (χ0n) is 8.79. The fraction of sp³-hybridized carbons (Fsp3) is 0.636. The van der Waals surface area contributed by atoms with Gasteiger partial charge in [-0.05, 0) is 25.5 Å². The molecule has 4 atom stereocenters. The van der Waals surface area contributed by atoms with Crippen LogP contribution in [0.15, 0.2) is 23.8 Å². The van der Waals surface area contributed by atoms with Gasteiger partial charge in [0.05, 0.1) is 5.60 Å². The van der Waals surface area contributed by atoms with E-state index < -0.39 is 17.8 Å². The summed E-state index contributed by atoms with van der Waals surface area (Å²) >= 11 is 0. The van der Waals surface area contributed by atoms with E-state index in [1.54, 1.807) is 32.1 Å². The standard InChI is InChI=1S/C11H16O4/c1-11(2,14)4-3-6-5-7(12)9-10(15-9)8(6)13/h3-5,7-10,12-14H,1-2H3/b4-3+. The number of hydrogen-bond donors (Lipinski definition) is 3. The van der Waals surface area contributed by atoms with E-state index >= 15 is 0 Å². The summed E-state index contributed by atoms with van der Waals surface area (Å²) in [6.45, 7) is 3.29. The van der Waals surface area contributed by atoms with Crippen LogP contribution in [0.5, 0.6) is 0 Å². The van der Waals surface area contributed by atoms with Crippen molar-refractivity contribution in [2.24, 2.45) is 0 Å². The molecule has 0 aromatic rings. The Morgan fingerprint density at radius 2 is 2.00 bits per heavy atom. The molecule has 0 bridgehead atoms. The summed E-state index contributed by atoms with van der Waals surface area (Å²) in [4.78, 5) is 0. The van der Waals surface area contributed by atoms with E-state index in [-0.39, 0.29) is 12.2 Å². The summed E-state index contributed by atoms with van der Waals surface area (Å²) in [6, 6.07) is 0. The minimum atomic E-state index is -0.924. The first-order chi connectivity index (χ1) is 6.88. The number of aliphatic hydroxyl groups is 3. The first-order valence-corrected chi connectivity index (χ1v) is 5.03. The molecule has 1 aliphatic heterocycles. The van der Waals surface area contributed by atoms with Crippen LogP contribution in [-0.2, 0) is 4.74 Å². The maximum atomic E-state index is 9.76. The van der Waals surface area contributed by atoms with Crippen LogP contribution < -0.4 is 0 Å². The van der Waals surface area contributed by atoms with Crippen molar-refractivity contribution in [3.05, 3.63) is 23.8 Å². The van der Waals surface area contributed by atoms with Crippen molar-refractivity contribution in [1.82, 2.24) is 0 Å². The van der Waals surface area contributed by atoms with Crippen LogP contribution in [0.2, 0.25) is 0 Å². The van der Waals surface area contributed by atoms with Gasteiger partial charge < -0.3 is 20.1 Å². The van der Waals surface area contributed by atoms with Gasteiger partial charge >= 0.3 is 0 Å². The smallest absolute Gasteiger partial charge is 0.117 e. The zero-order chi connectivity index (χ0) is 11.2. The number of epoxide rings is 1. The van der Waals surface area contributed by atoms with Crippen LogP contribution in [0.1, 0.15) is 13.8 Å². The molecule has 2 rings (SSSR count). The molecule has 1 fully saturated rings. The summed E-state index contributed by atoms with van der Waals surface area (Å²) in [6.07, 6.45) is 2.90. The summed E-state index contributed by atoms with van der Waals surface area (Å²) in [5.41, 5.74) is -0.323. The van der Waals surface area contributed by atoms with Crippen LogP contribution in [0.3, 0.4) is 0 Å². The third-order valence-corrected chi connectivity index (χ3v) is 2.60. The average Bonchev–Trinajstić information content (AvgIpc) is 2.87. The molecule has 3 N–H and O–H groups in total. The predicted molar refractivity (Wildman–Crippen MR) is 54.2 cm³/mol. The molecule has 0 saturated carbocycles. The largest absolute Gasteiger partial charge is 0.386 e. The molecule has 0 amide bonds. The van der Waals surface area contributed by atoms with Crippen molar-refractivity contribution in [1.29, 1.82) is 0 Å². The lowest BCUT2D eigenvalue weighted by Crippen LogP contribution is -2.30. The summed E-state index contributed by atoms with van der Waals surface area (Å²) in [7, 11) is 0. The van der Waals surface area contributed by atoms with Crippen molar-refractivity contribution < 1.29 is 20.1 Å². The van der Waals surface area contributed by atoms with E-state index in [1.807, 2.05) is 0 Å². The van der Waals surface area contributed by atoms with Crippen LogP contribution >= 0.6 is 0 Å². The van der Waals surface area contributed by atoms with Crippen molar-refractivity contribution >= 4 is 0 Å². The average molecular weight is 212 g/mol. The predicted octanol–water partition coefficient (Wildman–Crippen LogP) is -0.257. The molecule has 1 heterocycles. The maximum Gasteiger partial charge on any atom is 0.117 e. The second-order valence-corrected chi connectivity index (χ2v) is 4.65.